The lowest BCUT2D eigenvalue weighted by Gasteiger charge is -2.26. The molecule has 0 radical (unpaired) electrons. The Morgan fingerprint density at radius 2 is 1.95 bits per heavy atom. The molecule has 0 spiro atoms. The Balaban J connectivity index is 1.71. The number of methoxy groups -OCH3 is 1. The third-order valence-electron chi connectivity index (χ3n) is 6.82. The monoisotopic (exact) mass is 605 g/mol. The van der Waals surface area contributed by atoms with Gasteiger partial charge in [0.15, 0.2) is 5.82 Å². The predicted octanol–water partition coefficient (Wildman–Crippen LogP) is 3.29. The van der Waals surface area contributed by atoms with Crippen molar-refractivity contribution >= 4 is 56.1 Å². The van der Waals surface area contributed by atoms with E-state index in [4.69, 9.17) is 4.74 Å². The van der Waals surface area contributed by atoms with Gasteiger partial charge in [-0.2, -0.15) is 10.2 Å². The van der Waals surface area contributed by atoms with Crippen molar-refractivity contribution in [3.05, 3.63) is 60.3 Å². The molecule has 14 heteroatoms. The van der Waals surface area contributed by atoms with Crippen LogP contribution in [-0.2, 0) is 21.2 Å². The van der Waals surface area contributed by atoms with Crippen LogP contribution in [0.3, 0.4) is 0 Å². The Kier molecular flexibility index (Phi) is 9.37. The number of ether oxygens (including phenoxy) is 1. The quantitative estimate of drug-likeness (QED) is 0.260. The summed E-state index contributed by atoms with van der Waals surface area (Å²) in [5.74, 6) is 0.420. The van der Waals surface area contributed by atoms with Crippen molar-refractivity contribution in [1.82, 2.24) is 14.9 Å². The second kappa shape index (κ2) is 13.0. The highest BCUT2D eigenvalue weighted by Gasteiger charge is 2.29. The van der Waals surface area contributed by atoms with Crippen LogP contribution in [0.25, 0.3) is 0 Å². The third-order valence-corrected chi connectivity index (χ3v) is 7.98. The molecule has 2 aromatic carbocycles. The second-order valence-corrected chi connectivity index (χ2v) is 12.1. The van der Waals surface area contributed by atoms with E-state index in [0.29, 0.717) is 48.0 Å². The van der Waals surface area contributed by atoms with Gasteiger partial charge in [0, 0.05) is 32.7 Å². The highest BCUT2D eigenvalue weighted by atomic mass is 32.2. The molecule has 3 N–H and O–H groups in total. The second-order valence-electron chi connectivity index (χ2n) is 10.2. The molecular formula is C29H35N9O4S. The van der Waals surface area contributed by atoms with Gasteiger partial charge in [-0.15, -0.1) is 0 Å². The number of rotatable bonds is 12. The van der Waals surface area contributed by atoms with Crippen LogP contribution in [-0.4, -0.2) is 83.3 Å². The van der Waals surface area contributed by atoms with Crippen molar-refractivity contribution in [3.8, 4) is 11.8 Å². The van der Waals surface area contributed by atoms with Crippen LogP contribution in [0.1, 0.15) is 11.1 Å². The average molecular weight is 606 g/mol. The summed E-state index contributed by atoms with van der Waals surface area (Å²) in [6, 6.07) is 11.0. The van der Waals surface area contributed by atoms with Gasteiger partial charge in [-0.05, 0) is 44.3 Å². The fraction of sp³-hybridized carbons (Fsp3) is 0.310. The SMILES string of the molecule is C=CC(=O)Nc1cc(Nc2ncc(C#N)c(Nc3cccc4c3N(S(C)(=O)=O)CC4)n2)c(OC)cc1N(C)CCN(C)C. The van der Waals surface area contributed by atoms with Gasteiger partial charge in [0.25, 0.3) is 0 Å². The molecule has 43 heavy (non-hydrogen) atoms. The number of benzene rings is 2. The number of nitrogens with zero attached hydrogens (tertiary/aromatic N) is 6. The maximum absolute atomic E-state index is 12.4. The molecule has 1 aliphatic rings. The molecule has 1 amide bonds. The number of likely N-dealkylation sites (N-methyl/N-ethyl adjacent to an activating group) is 2. The summed E-state index contributed by atoms with van der Waals surface area (Å²) in [6.45, 7) is 5.36. The van der Waals surface area contributed by atoms with Crippen LogP contribution < -0.4 is 29.9 Å². The molecule has 1 aliphatic heterocycles. The first-order chi connectivity index (χ1) is 20.4. The number of sulfonamides is 1. The summed E-state index contributed by atoms with van der Waals surface area (Å²) >= 11 is 0. The van der Waals surface area contributed by atoms with E-state index >= 15 is 0 Å². The van der Waals surface area contributed by atoms with Gasteiger partial charge in [-0.3, -0.25) is 9.10 Å². The van der Waals surface area contributed by atoms with Crippen LogP contribution >= 0.6 is 0 Å². The van der Waals surface area contributed by atoms with Gasteiger partial charge in [-0.25, -0.2) is 13.4 Å². The Labute approximate surface area is 251 Å². The number of hydrogen-bond donors (Lipinski definition) is 3. The lowest BCUT2D eigenvalue weighted by atomic mass is 10.1. The number of amides is 1. The number of fused-ring (bicyclic) bond motifs is 1. The zero-order valence-electron chi connectivity index (χ0n) is 24.8. The van der Waals surface area contributed by atoms with Crippen molar-refractivity contribution in [1.29, 1.82) is 5.26 Å². The average Bonchev–Trinajstić information content (AvgIpc) is 3.42. The molecule has 0 saturated heterocycles. The Bertz CT molecular complexity index is 1690. The molecular weight excluding hydrogens is 570 g/mol. The van der Waals surface area contributed by atoms with Gasteiger partial charge in [-0.1, -0.05) is 18.7 Å². The summed E-state index contributed by atoms with van der Waals surface area (Å²) in [6.07, 6.45) is 4.29. The van der Waals surface area contributed by atoms with E-state index in [1.54, 1.807) is 18.2 Å². The Hall–Kier alpha value is -4.87. The molecule has 13 nitrogen and oxygen atoms in total. The third kappa shape index (κ3) is 7.14. The molecule has 226 valence electrons. The minimum atomic E-state index is -3.51. The van der Waals surface area contributed by atoms with E-state index in [-0.39, 0.29) is 23.2 Å². The lowest BCUT2D eigenvalue weighted by molar-refractivity contribution is -0.111. The van der Waals surface area contributed by atoms with E-state index in [9.17, 15) is 18.5 Å². The zero-order chi connectivity index (χ0) is 31.3. The summed E-state index contributed by atoms with van der Waals surface area (Å²) in [4.78, 5) is 25.2. The van der Waals surface area contributed by atoms with Crippen molar-refractivity contribution in [2.24, 2.45) is 0 Å². The number of carbonyl (C=O) groups excluding carboxylic acids is 1. The number of carbonyl (C=O) groups is 1. The van der Waals surface area contributed by atoms with E-state index in [1.165, 1.54) is 23.7 Å². The van der Waals surface area contributed by atoms with Crippen molar-refractivity contribution in [3.63, 3.8) is 0 Å². The molecule has 0 atom stereocenters. The van der Waals surface area contributed by atoms with E-state index in [0.717, 1.165) is 24.1 Å². The summed E-state index contributed by atoms with van der Waals surface area (Å²) in [7, 11) is 3.90. The standard InChI is InChI=1S/C29H35N9O4S/c1-7-26(39)32-22-15-23(25(42-5)16-24(22)37(4)14-13-36(2)3)34-29-31-18-20(17-30)28(35-29)33-21-10-8-9-19-11-12-38(27(19)21)43(6,40)41/h7-10,15-16,18H,1,11-14H2,2-6H3,(H,32,39)(H2,31,33,34,35). The van der Waals surface area contributed by atoms with Gasteiger partial charge in [0.05, 0.1) is 48.0 Å². The summed E-state index contributed by atoms with van der Waals surface area (Å²) < 4.78 is 31.9. The lowest BCUT2D eigenvalue weighted by Crippen LogP contribution is -2.29. The maximum atomic E-state index is 12.4. The van der Waals surface area contributed by atoms with E-state index in [1.807, 2.05) is 38.2 Å². The van der Waals surface area contributed by atoms with E-state index < -0.39 is 10.0 Å². The predicted molar refractivity (Wildman–Crippen MR) is 169 cm³/mol. The molecule has 0 unspecified atom stereocenters. The first-order valence-corrected chi connectivity index (χ1v) is 15.2. The largest absolute Gasteiger partial charge is 0.494 e. The highest BCUT2D eigenvalue weighted by Crippen LogP contribution is 2.40. The molecule has 0 saturated carbocycles. The van der Waals surface area contributed by atoms with Crippen molar-refractivity contribution in [2.45, 2.75) is 6.42 Å². The fourth-order valence-corrected chi connectivity index (χ4v) is 5.60. The molecule has 0 aliphatic carbocycles. The molecule has 2 heterocycles. The van der Waals surface area contributed by atoms with Crippen LogP contribution in [0, 0.1) is 11.3 Å². The molecule has 3 aromatic rings. The van der Waals surface area contributed by atoms with Gasteiger partial charge < -0.3 is 30.5 Å². The van der Waals surface area contributed by atoms with Crippen LogP contribution in [0.2, 0.25) is 0 Å². The number of nitrogens with one attached hydrogen (secondary N) is 3. The highest BCUT2D eigenvalue weighted by molar-refractivity contribution is 7.92. The van der Waals surface area contributed by atoms with Crippen LogP contribution in [0.5, 0.6) is 5.75 Å². The minimum absolute atomic E-state index is 0.141. The minimum Gasteiger partial charge on any atom is -0.494 e. The van der Waals surface area contributed by atoms with Crippen molar-refractivity contribution < 1.29 is 17.9 Å². The normalized spacial score (nSPS) is 12.3. The van der Waals surface area contributed by atoms with Gasteiger partial charge >= 0.3 is 0 Å². The first-order valence-electron chi connectivity index (χ1n) is 13.4. The number of hydrogen-bond acceptors (Lipinski definition) is 11. The van der Waals surface area contributed by atoms with Crippen LogP contribution in [0.15, 0.2) is 49.2 Å². The van der Waals surface area contributed by atoms with Gasteiger partial charge in [0.1, 0.15) is 17.4 Å². The number of aromatic nitrogens is 2. The Morgan fingerprint density at radius 1 is 1.19 bits per heavy atom. The number of para-hydroxylation sites is 1. The van der Waals surface area contributed by atoms with E-state index in [2.05, 4.69) is 43.5 Å². The first kappa shape index (κ1) is 31.1. The van der Waals surface area contributed by atoms with Gasteiger partial charge in [0.2, 0.25) is 21.9 Å². The van der Waals surface area contributed by atoms with Crippen molar-refractivity contribution in [2.75, 3.05) is 79.3 Å². The topological polar surface area (TPSA) is 156 Å². The van der Waals surface area contributed by atoms with Crippen LogP contribution in [0.4, 0.5) is 40.2 Å². The number of anilines is 7. The molecule has 0 fully saturated rings. The molecule has 4 rings (SSSR count). The summed E-state index contributed by atoms with van der Waals surface area (Å²) in [5.41, 5.74) is 3.77. The Morgan fingerprint density at radius 3 is 2.60 bits per heavy atom. The smallest absolute Gasteiger partial charge is 0.247 e. The molecule has 1 aromatic heterocycles. The number of nitriles is 1. The molecule has 0 bridgehead atoms. The summed E-state index contributed by atoms with van der Waals surface area (Å²) in [5, 5.41) is 18.9. The maximum Gasteiger partial charge on any atom is 0.247 e. The fourth-order valence-electron chi connectivity index (χ4n) is 4.63. The zero-order valence-corrected chi connectivity index (χ0v) is 25.6.